The molecule has 4 nitrogen and oxygen atoms in total. The SMILES string of the molecule is CCCCCCCCCOc1ccc(/C=C(/C#N)c2nc3ccccc3s2)cc1OC. The highest BCUT2D eigenvalue weighted by atomic mass is 32.1. The maximum Gasteiger partial charge on any atom is 0.161 e. The van der Waals surface area contributed by atoms with Gasteiger partial charge in [0.2, 0.25) is 0 Å². The number of rotatable bonds is 12. The predicted octanol–water partition coefficient (Wildman–Crippen LogP) is 7.50. The summed E-state index contributed by atoms with van der Waals surface area (Å²) in [6.45, 7) is 2.93. The van der Waals surface area contributed by atoms with Crippen LogP contribution >= 0.6 is 11.3 Å². The standard InChI is InChI=1S/C26H30N2O2S/c1-3-4-5-6-7-8-11-16-30-23-15-14-20(18-24(23)29-2)17-21(19-27)26-28-22-12-9-10-13-25(22)31-26/h9-10,12-15,17-18H,3-8,11,16H2,1-2H3/b21-17-. The number of fused-ring (bicyclic) bond motifs is 1. The van der Waals surface area contributed by atoms with Crippen LogP contribution < -0.4 is 9.47 Å². The molecule has 0 bridgehead atoms. The Morgan fingerprint density at radius 2 is 1.81 bits per heavy atom. The predicted molar refractivity (Wildman–Crippen MR) is 130 cm³/mol. The number of methoxy groups -OCH3 is 1. The van der Waals surface area contributed by atoms with Crippen molar-refractivity contribution in [3.8, 4) is 17.6 Å². The zero-order chi connectivity index (χ0) is 21.9. The maximum atomic E-state index is 9.67. The number of thiazole rings is 1. The van der Waals surface area contributed by atoms with Crippen molar-refractivity contribution in [3.63, 3.8) is 0 Å². The van der Waals surface area contributed by atoms with E-state index in [-0.39, 0.29) is 0 Å². The Bertz CT molecular complexity index is 1020. The summed E-state index contributed by atoms with van der Waals surface area (Å²) in [5.41, 5.74) is 2.34. The van der Waals surface area contributed by atoms with E-state index in [0.29, 0.717) is 17.9 Å². The first-order chi connectivity index (χ1) is 15.2. The Hall–Kier alpha value is -2.84. The summed E-state index contributed by atoms with van der Waals surface area (Å²) in [6, 6.07) is 16.0. The Morgan fingerprint density at radius 3 is 2.55 bits per heavy atom. The monoisotopic (exact) mass is 434 g/mol. The zero-order valence-electron chi connectivity index (χ0n) is 18.4. The minimum atomic E-state index is 0.542. The van der Waals surface area contributed by atoms with Gasteiger partial charge in [-0.2, -0.15) is 5.26 Å². The van der Waals surface area contributed by atoms with Crippen LogP contribution in [0.3, 0.4) is 0 Å². The van der Waals surface area contributed by atoms with Crippen LogP contribution in [0.25, 0.3) is 21.9 Å². The minimum Gasteiger partial charge on any atom is -0.493 e. The van der Waals surface area contributed by atoms with Crippen molar-refractivity contribution in [2.24, 2.45) is 0 Å². The van der Waals surface area contributed by atoms with Gasteiger partial charge in [-0.25, -0.2) is 4.98 Å². The lowest BCUT2D eigenvalue weighted by molar-refractivity contribution is 0.284. The number of aromatic nitrogens is 1. The van der Waals surface area contributed by atoms with Crippen molar-refractivity contribution in [2.45, 2.75) is 51.9 Å². The number of allylic oxidation sites excluding steroid dienone is 1. The maximum absolute atomic E-state index is 9.67. The molecule has 0 saturated heterocycles. The van der Waals surface area contributed by atoms with E-state index in [2.05, 4.69) is 18.0 Å². The van der Waals surface area contributed by atoms with Gasteiger partial charge in [-0.05, 0) is 42.3 Å². The molecule has 0 aliphatic heterocycles. The highest BCUT2D eigenvalue weighted by molar-refractivity contribution is 7.19. The molecular weight excluding hydrogens is 404 g/mol. The Kier molecular flexibility index (Phi) is 8.93. The van der Waals surface area contributed by atoms with E-state index in [1.54, 1.807) is 7.11 Å². The van der Waals surface area contributed by atoms with Gasteiger partial charge in [0.1, 0.15) is 11.1 Å². The summed E-state index contributed by atoms with van der Waals surface area (Å²) in [5, 5.41) is 10.4. The molecule has 0 aliphatic rings. The number of hydrogen-bond donors (Lipinski definition) is 0. The minimum absolute atomic E-state index is 0.542. The largest absolute Gasteiger partial charge is 0.493 e. The molecule has 0 aliphatic carbocycles. The third-order valence-corrected chi connectivity index (χ3v) is 6.22. The lowest BCUT2D eigenvalue weighted by Gasteiger charge is -2.11. The molecule has 5 heteroatoms. The van der Waals surface area contributed by atoms with Crippen LogP contribution in [0.1, 0.15) is 62.4 Å². The normalized spacial score (nSPS) is 11.5. The van der Waals surface area contributed by atoms with E-state index in [1.165, 1.54) is 49.9 Å². The Labute approximate surface area is 189 Å². The van der Waals surface area contributed by atoms with Crippen molar-refractivity contribution >= 4 is 33.2 Å². The summed E-state index contributed by atoms with van der Waals surface area (Å²) >= 11 is 1.53. The first-order valence-electron chi connectivity index (χ1n) is 11.0. The molecule has 1 aromatic heterocycles. The molecular formula is C26H30N2O2S. The molecule has 1 heterocycles. The molecule has 0 amide bonds. The fourth-order valence-electron chi connectivity index (χ4n) is 3.43. The smallest absolute Gasteiger partial charge is 0.161 e. The summed E-state index contributed by atoms with van der Waals surface area (Å²) in [6.07, 6.45) is 10.6. The summed E-state index contributed by atoms with van der Waals surface area (Å²) < 4.78 is 12.5. The van der Waals surface area contributed by atoms with Gasteiger partial charge in [-0.15, -0.1) is 11.3 Å². The van der Waals surface area contributed by atoms with Crippen LogP contribution in [-0.4, -0.2) is 18.7 Å². The van der Waals surface area contributed by atoms with Crippen LogP contribution in [-0.2, 0) is 0 Å². The molecule has 3 aromatic rings. The van der Waals surface area contributed by atoms with E-state index in [9.17, 15) is 5.26 Å². The van der Waals surface area contributed by atoms with E-state index >= 15 is 0 Å². The van der Waals surface area contributed by atoms with Crippen molar-refractivity contribution in [1.82, 2.24) is 4.98 Å². The zero-order valence-corrected chi connectivity index (χ0v) is 19.2. The van der Waals surface area contributed by atoms with E-state index in [0.717, 1.165) is 33.0 Å². The third kappa shape index (κ3) is 6.57. The van der Waals surface area contributed by atoms with Crippen molar-refractivity contribution in [2.75, 3.05) is 13.7 Å². The van der Waals surface area contributed by atoms with Gasteiger partial charge < -0.3 is 9.47 Å². The number of unbranched alkanes of at least 4 members (excludes halogenated alkanes) is 6. The average Bonchev–Trinajstić information content (AvgIpc) is 3.23. The highest BCUT2D eigenvalue weighted by Gasteiger charge is 2.10. The Morgan fingerprint density at radius 1 is 1.03 bits per heavy atom. The van der Waals surface area contributed by atoms with Gasteiger partial charge >= 0.3 is 0 Å². The summed E-state index contributed by atoms with van der Waals surface area (Å²) in [7, 11) is 1.64. The fourth-order valence-corrected chi connectivity index (χ4v) is 4.36. The molecule has 0 saturated carbocycles. The van der Waals surface area contributed by atoms with E-state index in [1.807, 2.05) is 48.5 Å². The lowest BCUT2D eigenvalue weighted by atomic mass is 10.1. The number of nitrogens with zero attached hydrogens (tertiary/aromatic N) is 2. The molecule has 162 valence electrons. The van der Waals surface area contributed by atoms with Gasteiger partial charge in [-0.3, -0.25) is 0 Å². The molecule has 2 aromatic carbocycles. The average molecular weight is 435 g/mol. The molecule has 3 rings (SSSR count). The first-order valence-corrected chi connectivity index (χ1v) is 11.9. The molecule has 0 spiro atoms. The number of nitriles is 1. The summed E-state index contributed by atoms with van der Waals surface area (Å²) in [5.74, 6) is 1.42. The van der Waals surface area contributed by atoms with Crippen LogP contribution in [0.15, 0.2) is 42.5 Å². The van der Waals surface area contributed by atoms with Crippen LogP contribution in [0.4, 0.5) is 0 Å². The van der Waals surface area contributed by atoms with Gasteiger partial charge in [0, 0.05) is 0 Å². The summed E-state index contributed by atoms with van der Waals surface area (Å²) in [4.78, 5) is 4.59. The number of hydrogen-bond acceptors (Lipinski definition) is 5. The second-order valence-electron chi connectivity index (χ2n) is 7.54. The fraction of sp³-hybridized carbons (Fsp3) is 0.385. The van der Waals surface area contributed by atoms with Crippen molar-refractivity contribution in [1.29, 1.82) is 5.26 Å². The van der Waals surface area contributed by atoms with Crippen LogP contribution in [0.5, 0.6) is 11.5 Å². The number of benzene rings is 2. The number of ether oxygens (including phenoxy) is 2. The third-order valence-electron chi connectivity index (χ3n) is 5.15. The molecule has 31 heavy (non-hydrogen) atoms. The molecule has 0 N–H and O–H groups in total. The Balaban J connectivity index is 1.62. The van der Waals surface area contributed by atoms with Crippen LogP contribution in [0, 0.1) is 11.3 Å². The van der Waals surface area contributed by atoms with Gasteiger partial charge in [0.15, 0.2) is 11.5 Å². The first kappa shape index (κ1) is 22.8. The van der Waals surface area contributed by atoms with Gasteiger partial charge in [0.05, 0.1) is 29.5 Å². The highest BCUT2D eigenvalue weighted by Crippen LogP contribution is 2.32. The van der Waals surface area contributed by atoms with Crippen molar-refractivity contribution in [3.05, 3.63) is 53.0 Å². The quantitative estimate of drug-likeness (QED) is 0.219. The lowest BCUT2D eigenvalue weighted by Crippen LogP contribution is -1.99. The van der Waals surface area contributed by atoms with Crippen molar-refractivity contribution < 1.29 is 9.47 Å². The number of para-hydroxylation sites is 1. The van der Waals surface area contributed by atoms with Gasteiger partial charge in [-0.1, -0.05) is 63.6 Å². The van der Waals surface area contributed by atoms with E-state index in [4.69, 9.17) is 9.47 Å². The second-order valence-corrected chi connectivity index (χ2v) is 8.57. The second kappa shape index (κ2) is 12.1. The van der Waals surface area contributed by atoms with Crippen LogP contribution in [0.2, 0.25) is 0 Å². The van der Waals surface area contributed by atoms with Gasteiger partial charge in [0.25, 0.3) is 0 Å². The van der Waals surface area contributed by atoms with E-state index < -0.39 is 0 Å². The molecule has 0 fully saturated rings. The molecule has 0 unspecified atom stereocenters. The molecule has 0 atom stereocenters. The molecule has 0 radical (unpaired) electrons. The topological polar surface area (TPSA) is 55.1 Å².